The lowest BCUT2D eigenvalue weighted by Crippen LogP contribution is -2.21. The number of aryl methyl sites for hydroxylation is 1. The Kier molecular flexibility index (Phi) is 4.27. The van der Waals surface area contributed by atoms with Crippen LogP contribution in [0.1, 0.15) is 6.92 Å². The molecular weight excluding hydrogens is 417 g/mol. The monoisotopic (exact) mass is 429 g/mol. The van der Waals surface area contributed by atoms with Gasteiger partial charge in [0.25, 0.3) is 11.4 Å². The van der Waals surface area contributed by atoms with E-state index < -0.39 is 11.4 Å². The topological polar surface area (TPSA) is 81.2 Å². The average Bonchev–Trinajstić information content (AvgIpc) is 3.12. The molecule has 0 aliphatic carbocycles. The summed E-state index contributed by atoms with van der Waals surface area (Å²) in [5.74, 6) is -0.637. The zero-order chi connectivity index (χ0) is 19.1. The first-order valence-electron chi connectivity index (χ1n) is 8.15. The van der Waals surface area contributed by atoms with E-state index in [9.17, 15) is 14.3 Å². The fraction of sp³-hybridized carbons (Fsp3) is 0.105. The Hall–Kier alpha value is -3.00. The van der Waals surface area contributed by atoms with E-state index in [1.54, 1.807) is 13.0 Å². The Morgan fingerprint density at radius 2 is 2.04 bits per heavy atom. The van der Waals surface area contributed by atoms with Crippen LogP contribution in [-0.4, -0.2) is 19.8 Å². The molecule has 0 saturated heterocycles. The van der Waals surface area contributed by atoms with E-state index in [1.807, 2.05) is 18.2 Å². The lowest BCUT2D eigenvalue weighted by Gasteiger charge is -2.11. The molecule has 0 bridgehead atoms. The number of rotatable bonds is 3. The molecule has 0 aliphatic rings. The molecule has 4 rings (SSSR count). The summed E-state index contributed by atoms with van der Waals surface area (Å²) in [5, 5.41) is 14.9. The Labute approximate surface area is 161 Å². The van der Waals surface area contributed by atoms with Crippen molar-refractivity contribution in [3.05, 3.63) is 63.1 Å². The second-order valence-electron chi connectivity index (χ2n) is 5.84. The molecule has 0 radical (unpaired) electrons. The van der Waals surface area contributed by atoms with Crippen molar-refractivity contribution in [3.63, 3.8) is 0 Å². The minimum atomic E-state index is -0.532. The highest BCUT2D eigenvalue weighted by Crippen LogP contribution is 2.34. The molecule has 0 atom stereocenters. The number of aromatic hydroxyl groups is 1. The van der Waals surface area contributed by atoms with Crippen molar-refractivity contribution in [1.29, 1.82) is 0 Å². The summed E-state index contributed by atoms with van der Waals surface area (Å²) in [6.45, 7) is 2.05. The van der Waals surface area contributed by atoms with Gasteiger partial charge in [0, 0.05) is 22.0 Å². The van der Waals surface area contributed by atoms with Crippen LogP contribution in [0.25, 0.3) is 33.7 Å². The molecule has 6 nitrogen and oxygen atoms in total. The van der Waals surface area contributed by atoms with Gasteiger partial charge in [-0.25, -0.2) is 4.39 Å². The molecule has 2 heterocycles. The summed E-state index contributed by atoms with van der Waals surface area (Å²) in [6, 6.07) is 11.1. The quantitative estimate of drug-likeness (QED) is 0.523. The third-order valence-corrected chi connectivity index (χ3v) is 4.96. The largest absolute Gasteiger partial charge is 0.506 e. The van der Waals surface area contributed by atoms with Gasteiger partial charge >= 0.3 is 0 Å². The maximum Gasteiger partial charge on any atom is 0.267 e. The van der Waals surface area contributed by atoms with Crippen LogP contribution >= 0.6 is 15.9 Å². The SMILES string of the molecule is CCn1c(=O)c(-c2nc(-c3ccccc3Br)no2)c(O)c2ccc(F)cc21. The second kappa shape index (κ2) is 6.62. The van der Waals surface area contributed by atoms with E-state index in [0.29, 0.717) is 16.5 Å². The molecule has 0 spiro atoms. The summed E-state index contributed by atoms with van der Waals surface area (Å²) >= 11 is 3.42. The number of hydrogen-bond acceptors (Lipinski definition) is 5. The van der Waals surface area contributed by atoms with Crippen molar-refractivity contribution in [2.24, 2.45) is 0 Å². The van der Waals surface area contributed by atoms with Crippen molar-refractivity contribution in [2.45, 2.75) is 13.5 Å². The van der Waals surface area contributed by atoms with Crippen molar-refractivity contribution < 1.29 is 14.0 Å². The van der Waals surface area contributed by atoms with Gasteiger partial charge in [0.2, 0.25) is 5.82 Å². The number of hydrogen-bond donors (Lipinski definition) is 1. The molecule has 2 aromatic heterocycles. The smallest absolute Gasteiger partial charge is 0.267 e. The highest BCUT2D eigenvalue weighted by molar-refractivity contribution is 9.10. The fourth-order valence-corrected chi connectivity index (χ4v) is 3.45. The van der Waals surface area contributed by atoms with Gasteiger partial charge < -0.3 is 14.2 Å². The van der Waals surface area contributed by atoms with Gasteiger partial charge in [0.15, 0.2) is 0 Å². The van der Waals surface area contributed by atoms with E-state index >= 15 is 0 Å². The molecule has 0 fully saturated rings. The summed E-state index contributed by atoms with van der Waals surface area (Å²) in [4.78, 5) is 17.2. The Bertz CT molecular complexity index is 1230. The molecule has 0 saturated carbocycles. The van der Waals surface area contributed by atoms with Crippen molar-refractivity contribution in [3.8, 4) is 28.6 Å². The molecule has 8 heteroatoms. The third-order valence-electron chi connectivity index (χ3n) is 4.27. The number of nitrogens with zero attached hydrogens (tertiary/aromatic N) is 3. The summed E-state index contributed by atoms with van der Waals surface area (Å²) in [7, 11) is 0. The lowest BCUT2D eigenvalue weighted by molar-refractivity contribution is 0.425. The molecule has 2 aromatic carbocycles. The minimum absolute atomic E-state index is 0.100. The van der Waals surface area contributed by atoms with Crippen LogP contribution < -0.4 is 5.56 Å². The first-order valence-corrected chi connectivity index (χ1v) is 8.94. The van der Waals surface area contributed by atoms with E-state index in [2.05, 4.69) is 26.1 Å². The lowest BCUT2D eigenvalue weighted by atomic mass is 10.1. The van der Waals surface area contributed by atoms with Gasteiger partial charge in [-0.15, -0.1) is 0 Å². The van der Waals surface area contributed by atoms with Crippen LogP contribution in [-0.2, 0) is 6.54 Å². The van der Waals surface area contributed by atoms with Crippen LogP contribution in [0.3, 0.4) is 0 Å². The van der Waals surface area contributed by atoms with E-state index in [0.717, 1.165) is 4.47 Å². The molecule has 0 unspecified atom stereocenters. The number of benzene rings is 2. The number of aromatic nitrogens is 3. The first-order chi connectivity index (χ1) is 13.0. The third kappa shape index (κ3) is 2.82. The number of pyridine rings is 1. The summed E-state index contributed by atoms with van der Waals surface area (Å²) in [5.41, 5.74) is 0.345. The molecular formula is C19H13BrFN3O3. The maximum atomic E-state index is 13.6. The van der Waals surface area contributed by atoms with Gasteiger partial charge in [-0.1, -0.05) is 33.2 Å². The Morgan fingerprint density at radius 1 is 1.26 bits per heavy atom. The summed E-state index contributed by atoms with van der Waals surface area (Å²) < 4.78 is 21.0. The van der Waals surface area contributed by atoms with E-state index in [4.69, 9.17) is 4.52 Å². The van der Waals surface area contributed by atoms with Gasteiger partial charge in [0.05, 0.1) is 5.52 Å². The van der Waals surface area contributed by atoms with Gasteiger partial charge in [-0.05, 0) is 37.3 Å². The van der Waals surface area contributed by atoms with Crippen LogP contribution in [0.5, 0.6) is 5.75 Å². The number of halogens is 2. The minimum Gasteiger partial charge on any atom is -0.506 e. The van der Waals surface area contributed by atoms with Crippen LogP contribution in [0.15, 0.2) is 56.3 Å². The predicted molar refractivity (Wildman–Crippen MR) is 102 cm³/mol. The summed E-state index contributed by atoms with van der Waals surface area (Å²) in [6.07, 6.45) is 0. The van der Waals surface area contributed by atoms with Crippen LogP contribution in [0, 0.1) is 5.82 Å². The normalized spacial score (nSPS) is 11.2. The average molecular weight is 430 g/mol. The van der Waals surface area contributed by atoms with E-state index in [1.165, 1.54) is 22.8 Å². The molecule has 27 heavy (non-hydrogen) atoms. The van der Waals surface area contributed by atoms with Crippen molar-refractivity contribution in [2.75, 3.05) is 0 Å². The number of fused-ring (bicyclic) bond motifs is 1. The standard InChI is InChI=1S/C19H13BrFN3O3/c1-2-24-14-9-10(21)7-8-12(14)16(25)15(19(24)26)18-22-17(23-27-18)11-5-3-4-6-13(11)20/h3-9,25H,2H2,1H3. The zero-order valence-corrected chi connectivity index (χ0v) is 15.7. The Morgan fingerprint density at radius 3 is 2.78 bits per heavy atom. The molecule has 1 N–H and O–H groups in total. The van der Waals surface area contributed by atoms with E-state index in [-0.39, 0.29) is 29.6 Å². The molecule has 136 valence electrons. The molecule has 0 amide bonds. The maximum absolute atomic E-state index is 13.6. The van der Waals surface area contributed by atoms with Gasteiger partial charge in [0.1, 0.15) is 17.1 Å². The predicted octanol–water partition coefficient (Wildman–Crippen LogP) is 4.35. The van der Waals surface area contributed by atoms with Crippen molar-refractivity contribution in [1.82, 2.24) is 14.7 Å². The molecule has 0 aliphatic heterocycles. The van der Waals surface area contributed by atoms with Crippen LogP contribution in [0.4, 0.5) is 4.39 Å². The highest BCUT2D eigenvalue weighted by atomic mass is 79.9. The second-order valence-corrected chi connectivity index (χ2v) is 6.69. The van der Waals surface area contributed by atoms with Crippen LogP contribution in [0.2, 0.25) is 0 Å². The molecule has 4 aromatic rings. The van der Waals surface area contributed by atoms with Gasteiger partial charge in [-0.3, -0.25) is 4.79 Å². The first kappa shape index (κ1) is 17.4. The fourth-order valence-electron chi connectivity index (χ4n) is 2.99. The van der Waals surface area contributed by atoms with Crippen molar-refractivity contribution >= 4 is 26.8 Å². The van der Waals surface area contributed by atoms with Gasteiger partial charge in [-0.2, -0.15) is 4.98 Å². The highest BCUT2D eigenvalue weighted by Gasteiger charge is 2.23. The Balaban J connectivity index is 1.97. The zero-order valence-electron chi connectivity index (χ0n) is 14.1.